The fourth-order valence-electron chi connectivity index (χ4n) is 5.79. The number of carbonyl (C=O) groups excluding carboxylic acids is 1. The molecule has 6 rings (SSSR count). The molecule has 264 valence electrons. The number of para-hydroxylation sites is 2. The normalized spacial score (nSPS) is 11.4. The van der Waals surface area contributed by atoms with Gasteiger partial charge in [-0.05, 0) is 67.3 Å². The fourth-order valence-corrected chi connectivity index (χ4v) is 7.14. The molecule has 0 bridgehead atoms. The standard InChI is InChI=1S/C40H35ClN4O6S/c1-5-12-33-34(27-17-18-29(46)36(41)26(27)6-2)35-38(43-23-44-39(35)52-33)51-32(40(47)49-7-3)21-24-13-8-10-15-30(24)50-22-25-19-20-42-37(45-25)28-14-9-11-16-31(28)48-4/h8-11,13-20,23,32,46H,6-7,21-22H2,1-4H3/t32-/m1/s1. The Labute approximate surface area is 310 Å². The van der Waals surface area contributed by atoms with Gasteiger partial charge in [0.25, 0.3) is 0 Å². The van der Waals surface area contributed by atoms with Crippen LogP contribution in [0.2, 0.25) is 5.02 Å². The van der Waals surface area contributed by atoms with Crippen molar-refractivity contribution >= 4 is 39.1 Å². The van der Waals surface area contributed by atoms with Crippen LogP contribution >= 0.6 is 22.9 Å². The molecule has 10 nitrogen and oxygen atoms in total. The molecule has 0 saturated heterocycles. The van der Waals surface area contributed by atoms with Crippen LogP contribution in [0, 0.1) is 11.8 Å². The Morgan fingerprint density at radius 1 is 0.981 bits per heavy atom. The quantitative estimate of drug-likeness (QED) is 0.0916. The molecule has 3 aromatic carbocycles. The Morgan fingerprint density at radius 2 is 1.77 bits per heavy atom. The monoisotopic (exact) mass is 734 g/mol. The van der Waals surface area contributed by atoms with Crippen molar-refractivity contribution in [3.63, 3.8) is 0 Å². The number of methoxy groups -OCH3 is 1. The lowest BCUT2D eigenvalue weighted by Crippen LogP contribution is -2.32. The van der Waals surface area contributed by atoms with Gasteiger partial charge in [-0.2, -0.15) is 0 Å². The van der Waals surface area contributed by atoms with Gasteiger partial charge < -0.3 is 24.1 Å². The van der Waals surface area contributed by atoms with E-state index in [-0.39, 0.29) is 36.3 Å². The maximum absolute atomic E-state index is 13.5. The number of fused-ring (bicyclic) bond motifs is 1. The summed E-state index contributed by atoms with van der Waals surface area (Å²) in [5.74, 6) is 7.50. The lowest BCUT2D eigenvalue weighted by molar-refractivity contribution is -0.151. The molecular formula is C40H35ClN4O6S. The number of aromatic hydroxyl groups is 1. The van der Waals surface area contributed by atoms with Crippen molar-refractivity contribution < 1.29 is 28.8 Å². The van der Waals surface area contributed by atoms with Crippen molar-refractivity contribution in [2.45, 2.75) is 46.3 Å². The number of halogens is 1. The SMILES string of the molecule is CC#Cc1sc2ncnc(O[C@H](Cc3ccccc3OCc3ccnc(-c4ccccc4OC)n3)C(=O)OCC)c2c1-c1ccc(O)c(Cl)c1CC. The zero-order valence-corrected chi connectivity index (χ0v) is 30.5. The summed E-state index contributed by atoms with van der Waals surface area (Å²) >= 11 is 7.97. The van der Waals surface area contributed by atoms with Crippen LogP contribution in [0.4, 0.5) is 0 Å². The third kappa shape index (κ3) is 7.64. The highest BCUT2D eigenvalue weighted by Gasteiger charge is 2.29. The topological polar surface area (TPSA) is 126 Å². The van der Waals surface area contributed by atoms with Crippen LogP contribution < -0.4 is 14.2 Å². The summed E-state index contributed by atoms with van der Waals surface area (Å²) in [6.45, 7) is 5.75. The first-order valence-corrected chi connectivity index (χ1v) is 17.8. The third-order valence-electron chi connectivity index (χ3n) is 8.16. The highest BCUT2D eigenvalue weighted by molar-refractivity contribution is 7.19. The summed E-state index contributed by atoms with van der Waals surface area (Å²) in [5.41, 5.74) is 4.35. The second kappa shape index (κ2) is 16.5. The number of nitrogens with zero attached hydrogens (tertiary/aromatic N) is 4. The highest BCUT2D eigenvalue weighted by Crippen LogP contribution is 2.45. The van der Waals surface area contributed by atoms with Gasteiger partial charge in [-0.3, -0.25) is 0 Å². The van der Waals surface area contributed by atoms with Gasteiger partial charge >= 0.3 is 5.97 Å². The molecule has 0 aliphatic rings. The zero-order chi connectivity index (χ0) is 36.6. The van der Waals surface area contributed by atoms with Crippen LogP contribution in [0.15, 0.2) is 79.3 Å². The molecule has 1 atom stereocenters. The Bertz CT molecular complexity index is 2300. The van der Waals surface area contributed by atoms with Gasteiger partial charge in [0.15, 0.2) is 5.82 Å². The van der Waals surface area contributed by atoms with Crippen molar-refractivity contribution in [1.29, 1.82) is 0 Å². The van der Waals surface area contributed by atoms with Crippen LogP contribution in [0.1, 0.15) is 42.5 Å². The molecule has 0 fully saturated rings. The highest BCUT2D eigenvalue weighted by atomic mass is 35.5. The van der Waals surface area contributed by atoms with Crippen LogP contribution in [0.5, 0.6) is 23.1 Å². The van der Waals surface area contributed by atoms with E-state index in [1.165, 1.54) is 17.7 Å². The van der Waals surface area contributed by atoms with Crippen molar-refractivity contribution in [2.24, 2.45) is 0 Å². The van der Waals surface area contributed by atoms with Crippen molar-refractivity contribution in [2.75, 3.05) is 13.7 Å². The first-order valence-electron chi connectivity index (χ1n) is 16.6. The van der Waals surface area contributed by atoms with Gasteiger partial charge in [0.2, 0.25) is 12.0 Å². The number of rotatable bonds is 13. The average Bonchev–Trinajstić information content (AvgIpc) is 3.54. The van der Waals surface area contributed by atoms with Gasteiger partial charge in [-0.15, -0.1) is 17.3 Å². The number of ether oxygens (including phenoxy) is 4. The number of phenolic OH excluding ortho intramolecular Hbond substituents is 1. The molecule has 1 N–H and O–H groups in total. The summed E-state index contributed by atoms with van der Waals surface area (Å²) in [6, 6.07) is 20.1. The number of aromatic nitrogens is 4. The summed E-state index contributed by atoms with van der Waals surface area (Å²) in [7, 11) is 1.61. The number of phenols is 1. The maximum Gasteiger partial charge on any atom is 0.347 e. The number of thiophene rings is 1. The molecule has 12 heteroatoms. The predicted octanol–water partition coefficient (Wildman–Crippen LogP) is 8.25. The molecule has 0 aliphatic heterocycles. The van der Waals surface area contributed by atoms with Crippen LogP contribution in [-0.4, -0.2) is 50.8 Å². The Balaban J connectivity index is 1.34. The number of hydrogen-bond donors (Lipinski definition) is 1. The number of carbonyl (C=O) groups is 1. The molecule has 3 heterocycles. The number of hydrogen-bond acceptors (Lipinski definition) is 11. The second-order valence-corrected chi connectivity index (χ2v) is 12.7. The molecule has 0 radical (unpaired) electrons. The van der Waals surface area contributed by atoms with E-state index < -0.39 is 12.1 Å². The molecule has 3 aromatic heterocycles. The van der Waals surface area contributed by atoms with Crippen molar-refractivity contribution in [3.8, 4) is 57.5 Å². The van der Waals surface area contributed by atoms with Crippen LogP contribution in [-0.2, 0) is 29.0 Å². The summed E-state index contributed by atoms with van der Waals surface area (Å²) in [5, 5.41) is 11.2. The molecule has 0 aliphatic carbocycles. The Hall–Kier alpha value is -5.70. The van der Waals surface area contributed by atoms with Gasteiger partial charge in [0.05, 0.1) is 40.3 Å². The summed E-state index contributed by atoms with van der Waals surface area (Å²) in [6.07, 6.45) is 2.64. The second-order valence-electron chi connectivity index (χ2n) is 11.3. The number of benzene rings is 3. The molecule has 0 spiro atoms. The third-order valence-corrected chi connectivity index (χ3v) is 9.59. The van der Waals surface area contributed by atoms with E-state index in [4.69, 9.17) is 35.5 Å². The van der Waals surface area contributed by atoms with Gasteiger partial charge in [0.1, 0.15) is 35.0 Å². The Morgan fingerprint density at radius 3 is 2.54 bits per heavy atom. The van der Waals surface area contributed by atoms with Crippen LogP contribution in [0.3, 0.4) is 0 Å². The predicted molar refractivity (Wildman–Crippen MR) is 201 cm³/mol. The van der Waals surface area contributed by atoms with Gasteiger partial charge in [-0.1, -0.05) is 60.8 Å². The molecule has 6 aromatic rings. The number of esters is 1. The van der Waals surface area contributed by atoms with Crippen molar-refractivity contribution in [1.82, 2.24) is 19.9 Å². The van der Waals surface area contributed by atoms with E-state index in [1.54, 1.807) is 45.4 Å². The minimum absolute atomic E-state index is 0.0162. The molecule has 52 heavy (non-hydrogen) atoms. The fraction of sp³-hybridized carbons (Fsp3) is 0.225. The summed E-state index contributed by atoms with van der Waals surface area (Å²) in [4.78, 5) is 33.0. The van der Waals surface area contributed by atoms with Crippen molar-refractivity contribution in [3.05, 3.63) is 106 Å². The first kappa shape index (κ1) is 36.1. The lowest BCUT2D eigenvalue weighted by atomic mass is 9.96. The van der Waals surface area contributed by atoms with E-state index >= 15 is 0 Å². The van der Waals surface area contributed by atoms with E-state index in [2.05, 4.69) is 26.8 Å². The molecule has 0 unspecified atom stereocenters. The molecular weight excluding hydrogens is 700 g/mol. The van der Waals surface area contributed by atoms with Crippen LogP contribution in [0.25, 0.3) is 32.7 Å². The van der Waals surface area contributed by atoms with E-state index in [1.807, 2.05) is 55.5 Å². The van der Waals surface area contributed by atoms with E-state index in [0.717, 1.165) is 21.6 Å². The first-order chi connectivity index (χ1) is 25.4. The smallest absolute Gasteiger partial charge is 0.347 e. The molecule has 0 saturated carbocycles. The Kier molecular flexibility index (Phi) is 11.5. The average molecular weight is 735 g/mol. The van der Waals surface area contributed by atoms with Gasteiger partial charge in [-0.25, -0.2) is 24.7 Å². The van der Waals surface area contributed by atoms with E-state index in [0.29, 0.717) is 50.8 Å². The van der Waals surface area contributed by atoms with Gasteiger partial charge in [0, 0.05) is 18.2 Å². The minimum Gasteiger partial charge on any atom is -0.506 e. The van der Waals surface area contributed by atoms with E-state index in [9.17, 15) is 9.90 Å². The zero-order valence-electron chi connectivity index (χ0n) is 29.0. The largest absolute Gasteiger partial charge is 0.506 e. The maximum atomic E-state index is 13.5. The summed E-state index contributed by atoms with van der Waals surface area (Å²) < 4.78 is 23.8. The minimum atomic E-state index is -1.10. The lowest BCUT2D eigenvalue weighted by Gasteiger charge is -2.20. The molecule has 0 amide bonds.